The maximum atomic E-state index is 13.6. The molecule has 7 heteroatoms. The quantitative estimate of drug-likeness (QED) is 0.363. The van der Waals surface area contributed by atoms with Crippen LogP contribution in [0.1, 0.15) is 11.3 Å². The summed E-state index contributed by atoms with van der Waals surface area (Å²) in [4.78, 5) is 5.41. The summed E-state index contributed by atoms with van der Waals surface area (Å²) in [6, 6.07) is 21.0. The van der Waals surface area contributed by atoms with Gasteiger partial charge in [0.25, 0.3) is 0 Å². The monoisotopic (exact) mass is 440 g/mol. The van der Waals surface area contributed by atoms with Crippen LogP contribution >= 0.6 is 11.8 Å². The second-order valence-corrected chi connectivity index (χ2v) is 7.79. The Balaban J connectivity index is 1.79. The summed E-state index contributed by atoms with van der Waals surface area (Å²) < 4.78 is 42.3. The second-order valence-electron chi connectivity index (χ2n) is 6.91. The van der Waals surface area contributed by atoms with Gasteiger partial charge in [-0.05, 0) is 47.7 Å². The maximum absolute atomic E-state index is 13.6. The number of hydrogen-bond acceptors (Lipinski definition) is 3. The fourth-order valence-corrected chi connectivity index (χ4v) is 3.89. The van der Waals surface area contributed by atoms with Crippen LogP contribution < -0.4 is 0 Å². The lowest BCUT2D eigenvalue weighted by Gasteiger charge is -2.14. The number of rotatable bonds is 5. The molecule has 31 heavy (non-hydrogen) atoms. The molecule has 1 heterocycles. The highest BCUT2D eigenvalue weighted by Gasteiger charge is 2.34. The van der Waals surface area contributed by atoms with Crippen LogP contribution in [0.5, 0.6) is 0 Å². The van der Waals surface area contributed by atoms with Crippen molar-refractivity contribution in [3.63, 3.8) is 0 Å². The predicted molar refractivity (Wildman–Crippen MR) is 117 cm³/mol. The van der Waals surface area contributed by atoms with Gasteiger partial charge in [-0.15, -0.1) is 11.8 Å². The minimum absolute atomic E-state index is 0.0357. The molecule has 0 radical (unpaired) electrons. The Labute approximate surface area is 182 Å². The molecule has 4 rings (SSSR count). The highest BCUT2D eigenvalue weighted by Crippen LogP contribution is 2.37. The topological polar surface area (TPSA) is 38.0 Å². The van der Waals surface area contributed by atoms with Crippen molar-refractivity contribution in [2.24, 2.45) is 0 Å². The van der Waals surface area contributed by atoms with Gasteiger partial charge in [0, 0.05) is 22.3 Å². The standard InChI is InChI=1S/C24H19F3N2OS/c1-31-20-6-4-5-17(13-20)16-9-11-19(12-10-16)29-14-18(15-30)28-23(29)21-7-2-3-8-22(21)24(25,26)27/h2-14,30H,15H2,1H3. The largest absolute Gasteiger partial charge is 0.417 e. The van der Waals surface area contributed by atoms with Gasteiger partial charge in [-0.25, -0.2) is 4.98 Å². The molecule has 1 N–H and O–H groups in total. The zero-order valence-corrected chi connectivity index (χ0v) is 17.4. The van der Waals surface area contributed by atoms with Gasteiger partial charge < -0.3 is 5.11 Å². The van der Waals surface area contributed by atoms with Crippen molar-refractivity contribution in [1.29, 1.82) is 0 Å². The number of hydrogen-bond donors (Lipinski definition) is 1. The average molecular weight is 440 g/mol. The molecule has 0 bridgehead atoms. The minimum atomic E-state index is -4.51. The molecule has 1 aromatic heterocycles. The van der Waals surface area contributed by atoms with E-state index in [0.717, 1.165) is 22.1 Å². The van der Waals surface area contributed by atoms with Gasteiger partial charge in [0.2, 0.25) is 0 Å². The number of benzene rings is 3. The molecule has 0 fully saturated rings. The zero-order valence-electron chi connectivity index (χ0n) is 16.6. The van der Waals surface area contributed by atoms with E-state index in [9.17, 15) is 18.3 Å². The van der Waals surface area contributed by atoms with Crippen molar-refractivity contribution < 1.29 is 18.3 Å². The number of nitrogens with zero attached hydrogens (tertiary/aromatic N) is 2. The Morgan fingerprint density at radius 1 is 0.935 bits per heavy atom. The van der Waals surface area contributed by atoms with E-state index in [1.807, 2.05) is 48.7 Å². The number of imidazole rings is 1. The molecular formula is C24H19F3N2OS. The first-order valence-electron chi connectivity index (χ1n) is 9.51. The first-order chi connectivity index (χ1) is 14.9. The van der Waals surface area contributed by atoms with Crippen molar-refractivity contribution in [2.45, 2.75) is 17.7 Å². The third-order valence-corrected chi connectivity index (χ3v) is 5.67. The second kappa shape index (κ2) is 8.61. The summed E-state index contributed by atoms with van der Waals surface area (Å²) in [5, 5.41) is 9.54. The van der Waals surface area contributed by atoms with Crippen molar-refractivity contribution in [3.05, 3.63) is 90.3 Å². The molecule has 0 aliphatic carbocycles. The fourth-order valence-electron chi connectivity index (χ4n) is 3.43. The van der Waals surface area contributed by atoms with Gasteiger partial charge in [-0.3, -0.25) is 4.57 Å². The van der Waals surface area contributed by atoms with E-state index in [1.54, 1.807) is 28.6 Å². The van der Waals surface area contributed by atoms with E-state index < -0.39 is 11.7 Å². The smallest absolute Gasteiger partial charge is 0.390 e. The molecule has 0 unspecified atom stereocenters. The lowest BCUT2D eigenvalue weighted by molar-refractivity contribution is -0.137. The van der Waals surface area contributed by atoms with Gasteiger partial charge in [0.15, 0.2) is 0 Å². The van der Waals surface area contributed by atoms with E-state index in [4.69, 9.17) is 0 Å². The maximum Gasteiger partial charge on any atom is 0.417 e. The molecule has 3 aromatic carbocycles. The molecule has 3 nitrogen and oxygen atoms in total. The Morgan fingerprint density at radius 3 is 2.35 bits per heavy atom. The van der Waals surface area contributed by atoms with E-state index >= 15 is 0 Å². The van der Waals surface area contributed by atoms with Crippen LogP contribution in [0.25, 0.3) is 28.2 Å². The van der Waals surface area contributed by atoms with Crippen LogP contribution in [0.3, 0.4) is 0 Å². The Kier molecular flexibility index (Phi) is 5.89. The highest BCUT2D eigenvalue weighted by molar-refractivity contribution is 7.98. The molecule has 0 saturated carbocycles. The van der Waals surface area contributed by atoms with E-state index in [-0.39, 0.29) is 18.0 Å². The molecule has 0 saturated heterocycles. The van der Waals surface area contributed by atoms with Crippen LogP contribution in [0, 0.1) is 0 Å². The number of aliphatic hydroxyl groups excluding tert-OH is 1. The van der Waals surface area contributed by atoms with Gasteiger partial charge in [-0.1, -0.05) is 42.5 Å². The number of alkyl halides is 3. The predicted octanol–water partition coefficient (Wildman–Crippen LogP) is 6.44. The minimum Gasteiger partial charge on any atom is -0.390 e. The molecule has 0 aliphatic rings. The fraction of sp³-hybridized carbons (Fsp3) is 0.125. The zero-order chi connectivity index (χ0) is 22.0. The summed E-state index contributed by atoms with van der Waals surface area (Å²) in [6.07, 6.45) is -0.939. The van der Waals surface area contributed by atoms with Crippen LogP contribution in [0.15, 0.2) is 83.9 Å². The van der Waals surface area contributed by atoms with Gasteiger partial charge in [0.05, 0.1) is 17.9 Å². The van der Waals surface area contributed by atoms with Crippen molar-refractivity contribution in [1.82, 2.24) is 9.55 Å². The summed E-state index contributed by atoms with van der Waals surface area (Å²) in [6.45, 7) is -0.367. The molecule has 0 aliphatic heterocycles. The number of aliphatic hydroxyl groups is 1. The number of thioether (sulfide) groups is 1. The van der Waals surface area contributed by atoms with E-state index in [0.29, 0.717) is 11.4 Å². The molecule has 0 atom stereocenters. The molecular weight excluding hydrogens is 421 g/mol. The van der Waals surface area contributed by atoms with Crippen molar-refractivity contribution in [3.8, 4) is 28.2 Å². The van der Waals surface area contributed by atoms with Crippen LogP contribution in [0.2, 0.25) is 0 Å². The summed E-state index contributed by atoms with van der Waals surface area (Å²) in [5.41, 5.74) is 2.21. The third kappa shape index (κ3) is 4.38. The highest BCUT2D eigenvalue weighted by atomic mass is 32.2. The number of aromatic nitrogens is 2. The van der Waals surface area contributed by atoms with Gasteiger partial charge >= 0.3 is 6.18 Å². The molecule has 0 spiro atoms. The summed E-state index contributed by atoms with van der Waals surface area (Å²) in [7, 11) is 0. The summed E-state index contributed by atoms with van der Waals surface area (Å²) in [5.74, 6) is 0.133. The molecule has 158 valence electrons. The first kappa shape index (κ1) is 21.2. The Morgan fingerprint density at radius 2 is 1.68 bits per heavy atom. The Bertz CT molecular complexity index is 1200. The van der Waals surface area contributed by atoms with Crippen LogP contribution in [-0.4, -0.2) is 20.9 Å². The molecule has 4 aromatic rings. The average Bonchev–Trinajstić information content (AvgIpc) is 3.23. The van der Waals surface area contributed by atoms with E-state index in [1.165, 1.54) is 12.1 Å². The third-order valence-electron chi connectivity index (χ3n) is 4.94. The Hall–Kier alpha value is -3.03. The van der Waals surface area contributed by atoms with Crippen LogP contribution in [0.4, 0.5) is 13.2 Å². The van der Waals surface area contributed by atoms with Crippen molar-refractivity contribution >= 4 is 11.8 Å². The van der Waals surface area contributed by atoms with Crippen molar-refractivity contribution in [2.75, 3.05) is 6.26 Å². The van der Waals surface area contributed by atoms with Crippen LogP contribution in [-0.2, 0) is 12.8 Å². The van der Waals surface area contributed by atoms with Gasteiger partial charge in [-0.2, -0.15) is 13.2 Å². The lowest BCUT2D eigenvalue weighted by Crippen LogP contribution is -2.08. The normalized spacial score (nSPS) is 11.6. The summed E-state index contributed by atoms with van der Waals surface area (Å²) >= 11 is 1.66. The molecule has 0 amide bonds. The SMILES string of the molecule is CSc1cccc(-c2ccc(-n3cc(CO)nc3-c3ccccc3C(F)(F)F)cc2)c1. The first-order valence-corrected chi connectivity index (χ1v) is 10.7. The van der Waals surface area contributed by atoms with Gasteiger partial charge in [0.1, 0.15) is 5.82 Å². The number of halogens is 3. The lowest BCUT2D eigenvalue weighted by atomic mass is 10.0. The van der Waals surface area contributed by atoms with E-state index in [2.05, 4.69) is 11.1 Å².